The van der Waals surface area contributed by atoms with Gasteiger partial charge in [-0.05, 0) is 171 Å². The highest BCUT2D eigenvalue weighted by molar-refractivity contribution is 6.23. The number of fused-ring (bicyclic) bond motifs is 30. The van der Waals surface area contributed by atoms with Gasteiger partial charge in [0.1, 0.15) is 35.4 Å². The van der Waals surface area contributed by atoms with E-state index in [1.807, 2.05) is 60.1 Å². The fraction of sp³-hybridized carbons (Fsp3) is 0.391. The Balaban J connectivity index is 0.000000125. The predicted octanol–water partition coefficient (Wildman–Crippen LogP) is 11.4. The number of phenols is 2. The zero-order valence-electron chi connectivity index (χ0n) is 83.5. The van der Waals surface area contributed by atoms with Crippen molar-refractivity contribution in [2.24, 2.45) is 0 Å². The number of nitriles is 3. The summed E-state index contributed by atoms with van der Waals surface area (Å²) in [6, 6.07) is 25.9. The van der Waals surface area contributed by atoms with Gasteiger partial charge in [-0.25, -0.2) is 0 Å². The van der Waals surface area contributed by atoms with Crippen molar-refractivity contribution in [2.45, 2.75) is 198 Å². The van der Waals surface area contributed by atoms with E-state index < -0.39 is 132 Å². The van der Waals surface area contributed by atoms with Gasteiger partial charge in [-0.1, -0.05) is 54.6 Å². The number of hydrogen-bond donors (Lipinski definition) is 2. The van der Waals surface area contributed by atoms with Crippen molar-refractivity contribution in [3.05, 3.63) is 225 Å². The van der Waals surface area contributed by atoms with Crippen LogP contribution in [0.3, 0.4) is 0 Å². The van der Waals surface area contributed by atoms with E-state index in [0.29, 0.717) is 201 Å². The highest BCUT2D eigenvalue weighted by Crippen LogP contribution is 2.65. The van der Waals surface area contributed by atoms with Crippen molar-refractivity contribution < 1.29 is 120 Å². The summed E-state index contributed by atoms with van der Waals surface area (Å²) in [6.45, 7) is 15.9. The second-order valence-electron chi connectivity index (χ2n) is 39.9. The first-order chi connectivity index (χ1) is 70.6. The summed E-state index contributed by atoms with van der Waals surface area (Å²) in [7, 11) is 10.4. The number of rotatable bonds is 13. The van der Waals surface area contributed by atoms with Crippen LogP contribution < -0.4 is 61.6 Å². The average Bonchev–Trinajstić information content (AvgIpc) is 1.62. The highest BCUT2D eigenvalue weighted by atomic mass is 16.7. The van der Waals surface area contributed by atoms with E-state index in [4.69, 9.17) is 61.6 Å². The predicted molar refractivity (Wildman–Crippen MR) is 517 cm³/mol. The van der Waals surface area contributed by atoms with Crippen molar-refractivity contribution in [1.82, 2.24) is 44.1 Å². The molecule has 147 heavy (non-hydrogen) atoms. The lowest BCUT2D eigenvalue weighted by atomic mass is 9.71. The Labute approximate surface area is 844 Å². The number of amides is 6. The van der Waals surface area contributed by atoms with Gasteiger partial charge in [0.25, 0.3) is 35.4 Å². The minimum absolute atomic E-state index is 0.0444. The summed E-state index contributed by atoms with van der Waals surface area (Å²) in [4.78, 5) is 150. The van der Waals surface area contributed by atoms with Gasteiger partial charge < -0.3 is 71.8 Å². The molecular formula is C110H104N12O25. The third kappa shape index (κ3) is 14.3. The van der Waals surface area contributed by atoms with Crippen molar-refractivity contribution in [2.75, 3.05) is 82.5 Å². The number of nitrogens with zero attached hydrogens (tertiary/aromatic N) is 12. The highest BCUT2D eigenvalue weighted by Gasteiger charge is 2.64. The first-order valence-corrected chi connectivity index (χ1v) is 48.7. The number of methoxy groups -OCH3 is 3. The normalized spacial score (nSPS) is 24.9. The van der Waals surface area contributed by atoms with Crippen LogP contribution in [0.4, 0.5) is 0 Å². The number of piperazine rings is 3. The molecule has 754 valence electrons. The summed E-state index contributed by atoms with van der Waals surface area (Å²) < 4.78 is 76.8. The third-order valence-corrected chi connectivity index (χ3v) is 32.5. The number of ether oxygens (including phenoxy) is 13. The number of benzene rings is 9. The summed E-state index contributed by atoms with van der Waals surface area (Å²) >= 11 is 0. The molecular weight excluding hydrogens is 1890 g/mol. The summed E-state index contributed by atoms with van der Waals surface area (Å²) in [6.07, 6.45) is 2.33. The number of aryl methyl sites for hydroxylation is 3. The molecule has 24 rings (SSSR count). The van der Waals surface area contributed by atoms with Gasteiger partial charge >= 0.3 is 23.9 Å². The van der Waals surface area contributed by atoms with Crippen LogP contribution in [-0.2, 0) is 57.7 Å². The third-order valence-electron chi connectivity index (χ3n) is 32.5. The summed E-state index contributed by atoms with van der Waals surface area (Å²) in [5.41, 5.74) is 14.8. The number of carbonyl (C=O) groups is 10. The first-order valence-electron chi connectivity index (χ1n) is 48.7. The summed E-state index contributed by atoms with van der Waals surface area (Å²) in [5.74, 6) is 0.472. The molecule has 37 nitrogen and oxygen atoms in total. The topological polar surface area (TPSA) is 432 Å². The van der Waals surface area contributed by atoms with Gasteiger partial charge in [0.15, 0.2) is 69.0 Å². The van der Waals surface area contributed by atoms with Gasteiger partial charge in [0, 0.05) is 150 Å². The number of phenolic OH excluding ortho intramolecular Hbond substituents is 2. The molecule has 0 aromatic heterocycles. The molecule has 0 saturated carbocycles. The molecule has 15 atom stereocenters. The molecule has 2 N–H and O–H groups in total. The monoisotopic (exact) mass is 1990 g/mol. The molecule has 0 radical (unpaired) electrons. The molecule has 15 heterocycles. The molecule has 3 fully saturated rings. The second kappa shape index (κ2) is 35.9. The Morgan fingerprint density at radius 1 is 0.340 bits per heavy atom. The summed E-state index contributed by atoms with van der Waals surface area (Å²) in [5, 5.41) is 56.3. The number of imide groups is 3. The standard InChI is InChI=1S/C38H36N4O9.2C36H34N4O8/c1-17-11-21-12-25-27(14-39)42-26(31(40(25)5)29(21)36(32(17)47-6)51-20(4)44)13-24-30(35-34(48-16-49-35)18(2)33(24)50-19(3)43)28(42)15-41-37(45)22-9-7-8-10-23(22)38(41)46;2*1-16-10-19-11-23-25(13-37)40-24(29(38(23)4)27(19)30(42)31(16)45-5)12-22-28(34-33(46-15-47-34)17(2)32(22)48-18(3)41)26(40)14-39-35(43)20-8-6-7-9-21(20)36(39)44/h7-11,25-28,31H,12-13,15-16H2,1-6H3;2*6-10,23-26,29,42H,11-12,14-15H2,1-5H3/t25-,26-,27-,28-,31-;2*23-,24-,25-,26-,29-/m000/s1. The Kier molecular flexibility index (Phi) is 23.5. The quantitative estimate of drug-likeness (QED) is 0.0615. The maximum absolute atomic E-state index is 13.9. The smallest absolute Gasteiger partial charge is 0.308 e. The van der Waals surface area contributed by atoms with E-state index in [2.05, 4.69) is 47.6 Å². The van der Waals surface area contributed by atoms with Crippen LogP contribution in [-0.4, -0.2) is 250 Å². The van der Waals surface area contributed by atoms with E-state index in [1.54, 1.807) is 93.6 Å². The maximum Gasteiger partial charge on any atom is 0.308 e. The number of aromatic hydroxyl groups is 2. The molecule has 15 aliphatic rings. The number of likely N-dealkylation sites (N-methyl/N-ethyl adjacent to an activating group) is 3. The fourth-order valence-electron chi connectivity index (χ4n) is 26.8. The molecule has 6 bridgehead atoms. The van der Waals surface area contributed by atoms with Gasteiger partial charge in [-0.3, -0.25) is 92.0 Å². The lowest BCUT2D eigenvalue weighted by Crippen LogP contribution is -2.69. The zero-order valence-corrected chi connectivity index (χ0v) is 83.5. The molecule has 15 aliphatic heterocycles. The van der Waals surface area contributed by atoms with Crippen LogP contribution in [0.5, 0.6) is 86.2 Å². The Morgan fingerprint density at radius 3 is 0.844 bits per heavy atom. The minimum atomic E-state index is -0.777. The van der Waals surface area contributed by atoms with Crippen molar-refractivity contribution >= 4 is 59.3 Å². The first kappa shape index (κ1) is 96.1. The maximum atomic E-state index is 13.9. The van der Waals surface area contributed by atoms with E-state index >= 15 is 0 Å². The molecule has 0 unspecified atom stereocenters. The lowest BCUT2D eigenvalue weighted by molar-refractivity contribution is -0.133. The van der Waals surface area contributed by atoms with Crippen LogP contribution in [0.2, 0.25) is 0 Å². The van der Waals surface area contributed by atoms with Gasteiger partial charge in [-0.2, -0.15) is 15.8 Å². The largest absolute Gasteiger partial charge is 0.504 e. The molecule has 3 saturated heterocycles. The Bertz CT molecular complexity index is 7110. The number of hydrogen-bond acceptors (Lipinski definition) is 34. The Hall–Kier alpha value is -15.7. The Morgan fingerprint density at radius 2 is 0.585 bits per heavy atom. The second-order valence-corrected chi connectivity index (χ2v) is 39.9. The van der Waals surface area contributed by atoms with E-state index in [1.165, 1.54) is 63.7 Å². The van der Waals surface area contributed by atoms with Crippen molar-refractivity contribution in [1.29, 1.82) is 15.8 Å². The van der Waals surface area contributed by atoms with Crippen molar-refractivity contribution in [3.63, 3.8) is 0 Å². The minimum Gasteiger partial charge on any atom is -0.504 e. The van der Waals surface area contributed by atoms with Gasteiger partial charge in [-0.15, -0.1) is 0 Å². The lowest BCUT2D eigenvalue weighted by Gasteiger charge is -2.60. The van der Waals surface area contributed by atoms with E-state index in [0.717, 1.165) is 38.9 Å². The average molecular weight is 1990 g/mol. The van der Waals surface area contributed by atoms with E-state index in [9.17, 15) is 73.9 Å². The molecule has 0 aliphatic carbocycles. The zero-order chi connectivity index (χ0) is 104. The molecule has 37 heteroatoms. The van der Waals surface area contributed by atoms with Crippen LogP contribution >= 0.6 is 0 Å². The van der Waals surface area contributed by atoms with E-state index in [-0.39, 0.29) is 76.1 Å². The molecule has 0 spiro atoms. The van der Waals surface area contributed by atoms with Crippen LogP contribution in [0.15, 0.2) is 91.0 Å². The van der Waals surface area contributed by atoms with Crippen LogP contribution in [0, 0.1) is 75.5 Å². The number of carbonyl (C=O) groups excluding carboxylic acids is 10. The van der Waals surface area contributed by atoms with Gasteiger partial charge in [0.05, 0.1) is 109 Å². The van der Waals surface area contributed by atoms with Crippen LogP contribution in [0.25, 0.3) is 0 Å². The van der Waals surface area contributed by atoms with Crippen LogP contribution in [0.1, 0.15) is 226 Å². The van der Waals surface area contributed by atoms with Gasteiger partial charge in [0.2, 0.25) is 20.4 Å². The van der Waals surface area contributed by atoms with Crippen molar-refractivity contribution in [3.8, 4) is 104 Å². The molecule has 9 aromatic carbocycles. The molecule has 9 aromatic rings. The molecule has 6 amide bonds. The number of esters is 4. The SMILES string of the molecule is COc1c(C)cc2c(c1O)[C@@H]1[C@@H]3Cc4c(OC(C)=O)c(C)c5c(c4[C@H](CN4C(=O)c6ccccc6C4=O)N3[C@@H](C#N)[C@H](C2)N1C)OCO5.COc1c(C)cc2c(c1O)[C@@H]1[C@@H]3Cc4c(OC(C)=O)c(C)c5c(c4[C@H](CN4C(=O)c6ccccc6C4=O)N3[C@@H](C#N)[C@H](C2)N1C)OCO5.COc1c(C)cc2c(c1OC(C)=O)[C@@H]1[C@@H]3Cc4c(OC(C)=O)c(C)c5c(c4[C@H](CN4C(=O)c6ccccc6C4=O)N3[C@@H](C#N)[C@H](C2)N1C)OCO5. The fourth-order valence-corrected chi connectivity index (χ4v) is 26.8.